The molecule has 0 bridgehead atoms. The summed E-state index contributed by atoms with van der Waals surface area (Å²) in [5.74, 6) is -0.187. The van der Waals surface area contributed by atoms with Crippen LogP contribution in [0.3, 0.4) is 0 Å². The SMILES string of the molecule is CC.CC=C(C)C.CO.Cc1cc(Nc2ccncc2)ccc1NC(=O)c1ccc(Nc2ccnc3ccc(C#N)cc23)cc1. The maximum absolute atomic E-state index is 12.9. The van der Waals surface area contributed by atoms with Gasteiger partial charge in [-0.1, -0.05) is 25.5 Å². The van der Waals surface area contributed by atoms with Crippen molar-refractivity contribution >= 4 is 45.2 Å². The van der Waals surface area contributed by atoms with Crippen LogP contribution in [0.2, 0.25) is 0 Å². The summed E-state index contributed by atoms with van der Waals surface area (Å²) in [4.78, 5) is 21.2. The van der Waals surface area contributed by atoms with Gasteiger partial charge < -0.3 is 21.1 Å². The Kier molecular flexibility index (Phi) is 15.0. The number of carbonyl (C=O) groups is 1. The zero-order valence-corrected chi connectivity index (χ0v) is 27.0. The molecule has 8 heteroatoms. The summed E-state index contributed by atoms with van der Waals surface area (Å²) in [6.45, 7) is 12.2. The highest BCUT2D eigenvalue weighted by Crippen LogP contribution is 2.27. The molecule has 3 aromatic carbocycles. The van der Waals surface area contributed by atoms with Gasteiger partial charge in [0.1, 0.15) is 0 Å². The molecule has 0 saturated carbocycles. The van der Waals surface area contributed by atoms with Crippen LogP contribution in [0.25, 0.3) is 10.9 Å². The van der Waals surface area contributed by atoms with Crippen LogP contribution in [0, 0.1) is 18.3 Å². The number of carbonyl (C=O) groups excluding carboxylic acids is 1. The van der Waals surface area contributed by atoms with Gasteiger partial charge in [-0.15, -0.1) is 0 Å². The van der Waals surface area contributed by atoms with Gasteiger partial charge in [0.25, 0.3) is 5.91 Å². The van der Waals surface area contributed by atoms with Gasteiger partial charge in [-0.05, 0) is 112 Å². The number of fused-ring (bicyclic) bond motifs is 1. The minimum absolute atomic E-state index is 0.187. The van der Waals surface area contributed by atoms with E-state index in [2.05, 4.69) is 51.9 Å². The normalized spacial score (nSPS) is 9.40. The highest BCUT2D eigenvalue weighted by atomic mass is 16.2. The van der Waals surface area contributed by atoms with Crippen LogP contribution in [0.5, 0.6) is 0 Å². The van der Waals surface area contributed by atoms with Gasteiger partial charge in [0.05, 0.1) is 17.1 Å². The number of hydrogen-bond acceptors (Lipinski definition) is 7. The number of rotatable bonds is 6. The molecule has 0 aliphatic carbocycles. The van der Waals surface area contributed by atoms with Crippen molar-refractivity contribution < 1.29 is 9.90 Å². The molecule has 0 unspecified atom stereocenters. The lowest BCUT2D eigenvalue weighted by atomic mass is 10.1. The van der Waals surface area contributed by atoms with Crippen molar-refractivity contribution in [2.45, 2.75) is 41.5 Å². The standard InChI is InChI=1S/C29H22N6O.C5H10.C2H6.CH4O/c1-19-16-24(33-23-10-13-31-14-11-23)7-9-26(19)35-29(36)21-3-5-22(6-4-21)34-28-12-15-32-27-8-2-20(18-30)17-25(27)28;1-4-5(2)3;2*1-2/h2-17H,1H3,(H,31,33)(H,32,34)(H,35,36);4H,1-3H3;1-2H3;2H,1H3. The quantitative estimate of drug-likeness (QED) is 0.143. The summed E-state index contributed by atoms with van der Waals surface area (Å²) >= 11 is 0. The van der Waals surface area contributed by atoms with Crippen LogP contribution < -0.4 is 16.0 Å². The van der Waals surface area contributed by atoms with Crippen LogP contribution in [-0.4, -0.2) is 28.1 Å². The van der Waals surface area contributed by atoms with E-state index >= 15 is 0 Å². The van der Waals surface area contributed by atoms with Crippen molar-refractivity contribution in [1.82, 2.24) is 9.97 Å². The average molecular weight is 603 g/mol. The molecule has 0 aliphatic rings. The Labute approximate surface area is 266 Å². The van der Waals surface area contributed by atoms with Crippen molar-refractivity contribution in [3.8, 4) is 6.07 Å². The van der Waals surface area contributed by atoms with Crippen molar-refractivity contribution in [3.05, 3.63) is 126 Å². The second kappa shape index (κ2) is 18.9. The Morgan fingerprint density at radius 3 is 2.02 bits per heavy atom. The fraction of sp³-hybridized carbons (Fsp3) is 0.189. The Morgan fingerprint density at radius 2 is 1.42 bits per heavy atom. The number of anilines is 5. The van der Waals surface area contributed by atoms with E-state index in [0.717, 1.165) is 52.0 Å². The Hall–Kier alpha value is -5.52. The molecule has 0 spiro atoms. The van der Waals surface area contributed by atoms with Gasteiger partial charge in [0.2, 0.25) is 0 Å². The van der Waals surface area contributed by atoms with Gasteiger partial charge in [0.15, 0.2) is 0 Å². The van der Waals surface area contributed by atoms with E-state index in [0.29, 0.717) is 11.1 Å². The van der Waals surface area contributed by atoms with Crippen LogP contribution in [0.15, 0.2) is 109 Å². The van der Waals surface area contributed by atoms with Gasteiger partial charge in [-0.25, -0.2) is 0 Å². The number of pyridine rings is 2. The van der Waals surface area contributed by atoms with E-state index in [1.807, 2.05) is 88.4 Å². The summed E-state index contributed by atoms with van der Waals surface area (Å²) < 4.78 is 0. The monoisotopic (exact) mass is 602 g/mol. The summed E-state index contributed by atoms with van der Waals surface area (Å²) in [6.07, 6.45) is 7.27. The van der Waals surface area contributed by atoms with Crippen molar-refractivity contribution in [2.75, 3.05) is 23.1 Å². The Balaban J connectivity index is 0.000000704. The zero-order valence-electron chi connectivity index (χ0n) is 27.0. The van der Waals surface area contributed by atoms with E-state index in [4.69, 9.17) is 5.11 Å². The molecule has 0 saturated heterocycles. The number of nitrogens with zero attached hydrogens (tertiary/aromatic N) is 3. The molecule has 2 heterocycles. The largest absolute Gasteiger partial charge is 0.400 e. The van der Waals surface area contributed by atoms with Crippen molar-refractivity contribution in [1.29, 1.82) is 5.26 Å². The second-order valence-corrected chi connectivity index (χ2v) is 9.62. The molecule has 0 radical (unpaired) electrons. The minimum atomic E-state index is -0.187. The van der Waals surface area contributed by atoms with Gasteiger partial charge in [-0.2, -0.15) is 5.26 Å². The van der Waals surface area contributed by atoms with Gasteiger partial charge in [0, 0.05) is 65.1 Å². The highest BCUT2D eigenvalue weighted by Gasteiger charge is 2.10. The summed E-state index contributed by atoms with van der Waals surface area (Å²) in [7, 11) is 1.00. The topological polar surface area (TPSA) is 123 Å². The number of benzene rings is 3. The second-order valence-electron chi connectivity index (χ2n) is 9.62. The van der Waals surface area contributed by atoms with E-state index in [-0.39, 0.29) is 5.91 Å². The van der Waals surface area contributed by atoms with Gasteiger partial charge in [-0.3, -0.25) is 14.8 Å². The fourth-order valence-electron chi connectivity index (χ4n) is 3.86. The number of allylic oxidation sites excluding steroid dienone is 2. The summed E-state index contributed by atoms with van der Waals surface area (Å²) in [6, 6.07) is 26.2. The van der Waals surface area contributed by atoms with Crippen LogP contribution in [0.4, 0.5) is 28.4 Å². The first-order chi connectivity index (χ1) is 21.9. The van der Waals surface area contributed by atoms with Crippen LogP contribution in [-0.2, 0) is 0 Å². The van der Waals surface area contributed by atoms with E-state index < -0.39 is 0 Å². The molecular weight excluding hydrogens is 560 g/mol. The Morgan fingerprint density at radius 1 is 0.800 bits per heavy atom. The molecule has 0 aliphatic heterocycles. The molecule has 5 aromatic rings. The smallest absolute Gasteiger partial charge is 0.255 e. The molecule has 4 N–H and O–H groups in total. The third-order valence-electron chi connectivity index (χ3n) is 6.32. The molecular formula is C37H42N6O2. The molecule has 8 nitrogen and oxygen atoms in total. The zero-order chi connectivity index (χ0) is 33.2. The Bertz CT molecular complexity index is 1720. The first kappa shape index (κ1) is 35.7. The van der Waals surface area contributed by atoms with E-state index in [1.54, 1.807) is 36.8 Å². The molecule has 1 amide bonds. The first-order valence-electron chi connectivity index (χ1n) is 14.7. The number of nitriles is 1. The molecule has 2 aromatic heterocycles. The van der Waals surface area contributed by atoms with E-state index in [1.165, 1.54) is 5.57 Å². The molecule has 232 valence electrons. The van der Waals surface area contributed by atoms with Crippen molar-refractivity contribution in [2.24, 2.45) is 0 Å². The fourth-order valence-corrected chi connectivity index (χ4v) is 3.86. The number of amides is 1. The highest BCUT2D eigenvalue weighted by molar-refractivity contribution is 6.05. The lowest BCUT2D eigenvalue weighted by molar-refractivity contribution is 0.102. The van der Waals surface area contributed by atoms with Crippen molar-refractivity contribution in [3.63, 3.8) is 0 Å². The number of hydrogen-bond donors (Lipinski definition) is 4. The molecule has 5 rings (SSSR count). The number of aliphatic hydroxyl groups is 1. The predicted octanol–water partition coefficient (Wildman–Crippen LogP) is 9.16. The predicted molar refractivity (Wildman–Crippen MR) is 187 cm³/mol. The number of aromatic nitrogens is 2. The molecule has 45 heavy (non-hydrogen) atoms. The van der Waals surface area contributed by atoms with Crippen LogP contribution in [0.1, 0.15) is 56.1 Å². The number of aliphatic hydroxyl groups excluding tert-OH is 1. The average Bonchev–Trinajstić information content (AvgIpc) is 3.08. The molecule has 0 fully saturated rings. The third kappa shape index (κ3) is 10.9. The summed E-state index contributed by atoms with van der Waals surface area (Å²) in [5, 5.41) is 26.7. The minimum Gasteiger partial charge on any atom is -0.400 e. The first-order valence-corrected chi connectivity index (χ1v) is 14.7. The maximum Gasteiger partial charge on any atom is 0.255 e. The number of aryl methyl sites for hydroxylation is 1. The number of nitrogens with one attached hydrogen (secondary N) is 3. The lowest BCUT2D eigenvalue weighted by Gasteiger charge is -2.13. The third-order valence-corrected chi connectivity index (χ3v) is 6.32. The maximum atomic E-state index is 12.9. The lowest BCUT2D eigenvalue weighted by Crippen LogP contribution is -2.12. The molecule has 0 atom stereocenters. The van der Waals surface area contributed by atoms with Crippen LogP contribution >= 0.6 is 0 Å². The van der Waals surface area contributed by atoms with Gasteiger partial charge >= 0.3 is 0 Å². The van der Waals surface area contributed by atoms with E-state index in [9.17, 15) is 10.1 Å². The summed E-state index contributed by atoms with van der Waals surface area (Å²) in [5.41, 5.74) is 8.53.